The summed E-state index contributed by atoms with van der Waals surface area (Å²) in [5, 5.41) is 2.88. The van der Waals surface area contributed by atoms with E-state index >= 15 is 0 Å². The minimum atomic E-state index is -0.568. The number of amides is 1. The molecule has 0 unspecified atom stereocenters. The number of aromatic nitrogens is 3. The minimum Gasteiger partial charge on any atom is -0.495 e. The number of hydrogen-bond donors (Lipinski definition) is 1. The van der Waals surface area contributed by atoms with E-state index in [0.29, 0.717) is 17.1 Å². The van der Waals surface area contributed by atoms with Crippen molar-refractivity contribution in [2.45, 2.75) is 13.8 Å². The summed E-state index contributed by atoms with van der Waals surface area (Å²) in [6, 6.07) is 6.93. The molecule has 0 aliphatic heterocycles. The van der Waals surface area contributed by atoms with Gasteiger partial charge >= 0.3 is 5.69 Å². The molecule has 0 bridgehead atoms. The van der Waals surface area contributed by atoms with Crippen molar-refractivity contribution in [3.8, 4) is 5.75 Å². The predicted molar refractivity (Wildman–Crippen MR) is 103 cm³/mol. The summed E-state index contributed by atoms with van der Waals surface area (Å²) in [4.78, 5) is 42.1. The van der Waals surface area contributed by atoms with Crippen molar-refractivity contribution in [1.82, 2.24) is 14.1 Å². The van der Waals surface area contributed by atoms with Crippen LogP contribution >= 0.6 is 0 Å². The average Bonchev–Trinajstić information content (AvgIpc) is 2.64. The second-order valence-corrected chi connectivity index (χ2v) is 6.37. The van der Waals surface area contributed by atoms with Crippen molar-refractivity contribution in [1.29, 1.82) is 0 Å². The lowest BCUT2D eigenvalue weighted by Crippen LogP contribution is -2.38. The third-order valence-electron chi connectivity index (χ3n) is 4.39. The largest absolute Gasteiger partial charge is 0.495 e. The molecular formula is C19H20N4O4. The number of pyridine rings is 1. The molecule has 0 spiro atoms. The van der Waals surface area contributed by atoms with Gasteiger partial charge in [-0.05, 0) is 37.6 Å². The summed E-state index contributed by atoms with van der Waals surface area (Å²) in [5.74, 6) is 0.0227. The van der Waals surface area contributed by atoms with Gasteiger partial charge in [0.25, 0.3) is 11.5 Å². The normalized spacial score (nSPS) is 10.9. The molecule has 27 heavy (non-hydrogen) atoms. The molecule has 0 atom stereocenters. The maximum absolute atomic E-state index is 13.0. The van der Waals surface area contributed by atoms with E-state index in [1.165, 1.54) is 31.8 Å². The van der Waals surface area contributed by atoms with Gasteiger partial charge in [0.1, 0.15) is 11.4 Å². The van der Waals surface area contributed by atoms with Gasteiger partial charge in [0.05, 0.1) is 23.7 Å². The number of nitrogens with zero attached hydrogens (tertiary/aromatic N) is 3. The summed E-state index contributed by atoms with van der Waals surface area (Å²) < 4.78 is 7.51. The van der Waals surface area contributed by atoms with Crippen LogP contribution in [0.15, 0.2) is 33.9 Å². The van der Waals surface area contributed by atoms with Gasteiger partial charge in [-0.3, -0.25) is 18.7 Å². The van der Waals surface area contributed by atoms with Crippen molar-refractivity contribution in [2.75, 3.05) is 12.4 Å². The molecule has 3 rings (SSSR count). The summed E-state index contributed by atoms with van der Waals surface area (Å²) in [7, 11) is 4.40. The van der Waals surface area contributed by atoms with Crippen LogP contribution in [-0.4, -0.2) is 27.1 Å². The first kappa shape index (κ1) is 18.4. The number of fused-ring (bicyclic) bond motifs is 1. The average molecular weight is 368 g/mol. The van der Waals surface area contributed by atoms with Crippen LogP contribution in [0.3, 0.4) is 0 Å². The fraction of sp³-hybridized carbons (Fsp3) is 0.263. The van der Waals surface area contributed by atoms with E-state index < -0.39 is 17.2 Å². The molecule has 2 heterocycles. The van der Waals surface area contributed by atoms with Gasteiger partial charge in [-0.1, -0.05) is 6.07 Å². The molecule has 8 heteroatoms. The second kappa shape index (κ2) is 6.71. The molecule has 0 fully saturated rings. The summed E-state index contributed by atoms with van der Waals surface area (Å²) in [5.41, 5.74) is 1.21. The second-order valence-electron chi connectivity index (χ2n) is 6.37. The number of benzene rings is 1. The number of carbonyl (C=O) groups excluding carboxylic acids is 1. The van der Waals surface area contributed by atoms with E-state index in [1.807, 2.05) is 13.0 Å². The Morgan fingerprint density at radius 1 is 1.11 bits per heavy atom. The van der Waals surface area contributed by atoms with Crippen molar-refractivity contribution in [3.63, 3.8) is 0 Å². The van der Waals surface area contributed by atoms with E-state index in [9.17, 15) is 14.4 Å². The fourth-order valence-corrected chi connectivity index (χ4v) is 2.97. The van der Waals surface area contributed by atoms with Crippen molar-refractivity contribution in [2.24, 2.45) is 14.1 Å². The van der Waals surface area contributed by atoms with Gasteiger partial charge in [0.15, 0.2) is 0 Å². The van der Waals surface area contributed by atoms with Gasteiger partial charge in [0.2, 0.25) is 0 Å². The molecule has 2 aromatic heterocycles. The van der Waals surface area contributed by atoms with E-state index in [0.717, 1.165) is 10.1 Å². The third-order valence-corrected chi connectivity index (χ3v) is 4.39. The molecule has 0 aliphatic rings. The number of aryl methyl sites for hydroxylation is 3. The van der Waals surface area contributed by atoms with Crippen LogP contribution in [-0.2, 0) is 14.1 Å². The summed E-state index contributed by atoms with van der Waals surface area (Å²) >= 11 is 0. The molecule has 0 saturated carbocycles. The number of rotatable bonds is 3. The number of carbonyl (C=O) groups is 1. The van der Waals surface area contributed by atoms with Crippen LogP contribution in [0.25, 0.3) is 11.0 Å². The number of hydrogen-bond acceptors (Lipinski definition) is 5. The van der Waals surface area contributed by atoms with Gasteiger partial charge in [-0.25, -0.2) is 9.78 Å². The topological polar surface area (TPSA) is 95.2 Å². The monoisotopic (exact) mass is 368 g/mol. The molecule has 0 radical (unpaired) electrons. The van der Waals surface area contributed by atoms with Crippen LogP contribution < -0.4 is 21.3 Å². The highest BCUT2D eigenvalue weighted by molar-refractivity contribution is 6.12. The standard InChI is InChI=1S/C19H20N4O4/c1-10-6-7-14(27-5)13(8-10)21-17(24)12-9-11(2)20-16-15(12)18(25)23(4)19(26)22(16)3/h6-9H,1-5H3,(H,21,24). The van der Waals surface area contributed by atoms with Crippen molar-refractivity contribution < 1.29 is 9.53 Å². The number of nitrogens with one attached hydrogen (secondary N) is 1. The lowest BCUT2D eigenvalue weighted by Gasteiger charge is -2.14. The zero-order valence-corrected chi connectivity index (χ0v) is 15.8. The van der Waals surface area contributed by atoms with Crippen LogP contribution in [0, 0.1) is 13.8 Å². The van der Waals surface area contributed by atoms with E-state index in [2.05, 4.69) is 10.3 Å². The Morgan fingerprint density at radius 3 is 2.48 bits per heavy atom. The maximum Gasteiger partial charge on any atom is 0.332 e. The highest BCUT2D eigenvalue weighted by atomic mass is 16.5. The van der Waals surface area contributed by atoms with Gasteiger partial charge < -0.3 is 10.1 Å². The molecule has 1 N–H and O–H groups in total. The van der Waals surface area contributed by atoms with Gasteiger partial charge in [-0.15, -0.1) is 0 Å². The Morgan fingerprint density at radius 2 is 1.81 bits per heavy atom. The molecule has 0 saturated heterocycles. The van der Waals surface area contributed by atoms with Gasteiger partial charge in [-0.2, -0.15) is 0 Å². The molecule has 0 aliphatic carbocycles. The molecule has 3 aromatic rings. The molecule has 1 amide bonds. The van der Waals surface area contributed by atoms with Crippen LogP contribution in [0.1, 0.15) is 21.6 Å². The SMILES string of the molecule is COc1ccc(C)cc1NC(=O)c1cc(C)nc2c1c(=O)n(C)c(=O)n2C. The van der Waals surface area contributed by atoms with E-state index in [1.54, 1.807) is 19.1 Å². The minimum absolute atomic E-state index is 0.0920. The molecular weight excluding hydrogens is 348 g/mol. The Kier molecular flexibility index (Phi) is 4.57. The fourth-order valence-electron chi connectivity index (χ4n) is 2.97. The lowest BCUT2D eigenvalue weighted by molar-refractivity contribution is 0.102. The molecule has 1 aromatic carbocycles. The Labute approximate surface area is 155 Å². The van der Waals surface area contributed by atoms with Gasteiger partial charge in [0, 0.05) is 19.8 Å². The third kappa shape index (κ3) is 3.10. The summed E-state index contributed by atoms with van der Waals surface area (Å²) in [6.07, 6.45) is 0. The smallest absolute Gasteiger partial charge is 0.332 e. The highest BCUT2D eigenvalue weighted by Gasteiger charge is 2.20. The number of methoxy groups -OCH3 is 1. The Hall–Kier alpha value is -3.42. The first-order valence-corrected chi connectivity index (χ1v) is 8.28. The van der Waals surface area contributed by atoms with Crippen molar-refractivity contribution >= 4 is 22.6 Å². The van der Waals surface area contributed by atoms with Crippen LogP contribution in [0.2, 0.25) is 0 Å². The van der Waals surface area contributed by atoms with E-state index in [4.69, 9.17) is 4.74 Å². The predicted octanol–water partition coefficient (Wildman–Crippen LogP) is 1.51. The zero-order valence-electron chi connectivity index (χ0n) is 15.8. The summed E-state index contributed by atoms with van der Waals surface area (Å²) in [6.45, 7) is 3.60. The number of anilines is 1. The van der Waals surface area contributed by atoms with Crippen LogP contribution in [0.4, 0.5) is 5.69 Å². The zero-order chi connectivity index (χ0) is 19.9. The quantitative estimate of drug-likeness (QED) is 0.756. The maximum atomic E-state index is 13.0. The molecule has 140 valence electrons. The first-order valence-electron chi connectivity index (χ1n) is 8.28. The first-order chi connectivity index (χ1) is 12.7. The van der Waals surface area contributed by atoms with E-state index in [-0.39, 0.29) is 16.6 Å². The Balaban J connectivity index is 2.23. The highest BCUT2D eigenvalue weighted by Crippen LogP contribution is 2.26. The van der Waals surface area contributed by atoms with Crippen LogP contribution in [0.5, 0.6) is 5.75 Å². The molecule has 8 nitrogen and oxygen atoms in total. The number of ether oxygens (including phenoxy) is 1. The lowest BCUT2D eigenvalue weighted by atomic mass is 10.1. The Bertz CT molecular complexity index is 1190. The van der Waals surface area contributed by atoms with Crippen molar-refractivity contribution in [3.05, 3.63) is 61.9 Å².